The maximum atomic E-state index is 13.4. The van der Waals surface area contributed by atoms with Gasteiger partial charge in [0.2, 0.25) is 0 Å². The molecule has 27 heavy (non-hydrogen) atoms. The van der Waals surface area contributed by atoms with E-state index in [1.54, 1.807) is 11.3 Å². The zero-order chi connectivity index (χ0) is 18.2. The summed E-state index contributed by atoms with van der Waals surface area (Å²) in [5.74, 6) is 0.106. The lowest BCUT2D eigenvalue weighted by molar-refractivity contribution is 0.0652. The van der Waals surface area contributed by atoms with Gasteiger partial charge < -0.3 is 4.90 Å². The van der Waals surface area contributed by atoms with Gasteiger partial charge in [-0.2, -0.15) is 0 Å². The van der Waals surface area contributed by atoms with E-state index in [9.17, 15) is 4.79 Å². The number of rotatable bonds is 5. The first-order chi connectivity index (χ1) is 13.3. The molecule has 3 nitrogen and oxygen atoms in total. The summed E-state index contributed by atoms with van der Waals surface area (Å²) in [7, 11) is 0. The van der Waals surface area contributed by atoms with E-state index in [1.807, 2.05) is 23.6 Å². The molecule has 1 unspecified atom stereocenters. The normalized spacial score (nSPS) is 18.3. The third kappa shape index (κ3) is 3.30. The van der Waals surface area contributed by atoms with Crippen LogP contribution in [0.5, 0.6) is 0 Å². The fourth-order valence-electron chi connectivity index (χ4n) is 4.13. The number of amides is 1. The summed E-state index contributed by atoms with van der Waals surface area (Å²) in [6.45, 7) is 0. The van der Waals surface area contributed by atoms with Gasteiger partial charge in [-0.3, -0.25) is 4.79 Å². The van der Waals surface area contributed by atoms with E-state index in [1.165, 1.54) is 16.7 Å². The fraction of sp³-hybridized carbons (Fsp3) is 0.304. The van der Waals surface area contributed by atoms with E-state index in [0.717, 1.165) is 37.1 Å². The highest BCUT2D eigenvalue weighted by molar-refractivity contribution is 7.09. The minimum Gasteiger partial charge on any atom is -0.327 e. The Hall–Kier alpha value is -2.46. The molecule has 0 aliphatic heterocycles. The van der Waals surface area contributed by atoms with Crippen LogP contribution in [0.2, 0.25) is 0 Å². The van der Waals surface area contributed by atoms with Gasteiger partial charge in [-0.15, -0.1) is 11.3 Å². The second kappa shape index (κ2) is 6.93. The summed E-state index contributed by atoms with van der Waals surface area (Å²) in [6.07, 6.45) is 5.11. The number of hydrogen-bond acceptors (Lipinski definition) is 3. The molecular formula is C23H22N2OS. The third-order valence-electron chi connectivity index (χ3n) is 5.58. The minimum absolute atomic E-state index is 0.106. The molecule has 5 rings (SSSR count). The highest BCUT2D eigenvalue weighted by atomic mass is 32.1. The van der Waals surface area contributed by atoms with Gasteiger partial charge in [0.25, 0.3) is 5.91 Å². The molecule has 2 aliphatic rings. The molecule has 3 aromatic rings. The molecule has 2 aromatic carbocycles. The van der Waals surface area contributed by atoms with Crippen molar-refractivity contribution >= 4 is 17.2 Å². The largest absolute Gasteiger partial charge is 0.327 e. The Morgan fingerprint density at radius 1 is 1.04 bits per heavy atom. The molecule has 0 bridgehead atoms. The lowest BCUT2D eigenvalue weighted by Gasteiger charge is -2.29. The van der Waals surface area contributed by atoms with Crippen molar-refractivity contribution in [2.45, 2.75) is 44.2 Å². The number of carbonyl (C=O) groups excluding carboxylic acids is 1. The van der Waals surface area contributed by atoms with Gasteiger partial charge in [0.05, 0.1) is 11.0 Å². The topological polar surface area (TPSA) is 33.2 Å². The second-order valence-corrected chi connectivity index (χ2v) is 8.43. The second-order valence-electron chi connectivity index (χ2n) is 7.49. The van der Waals surface area contributed by atoms with Gasteiger partial charge in [-0.05, 0) is 42.4 Å². The molecule has 1 amide bonds. The van der Waals surface area contributed by atoms with E-state index >= 15 is 0 Å². The molecule has 0 radical (unpaired) electrons. The monoisotopic (exact) mass is 374 g/mol. The fourth-order valence-corrected chi connectivity index (χ4v) is 4.93. The van der Waals surface area contributed by atoms with Crippen LogP contribution in [0.25, 0.3) is 0 Å². The highest BCUT2D eigenvalue weighted by Gasteiger charge is 2.41. The number of hydrogen-bond donors (Lipinski definition) is 0. The zero-order valence-electron chi connectivity index (χ0n) is 15.2. The molecule has 1 saturated carbocycles. The van der Waals surface area contributed by atoms with Crippen molar-refractivity contribution in [3.8, 4) is 0 Å². The van der Waals surface area contributed by atoms with Crippen LogP contribution in [0, 0.1) is 0 Å². The van der Waals surface area contributed by atoms with Gasteiger partial charge in [0.1, 0.15) is 5.69 Å². The third-order valence-corrected chi connectivity index (χ3v) is 6.43. The Morgan fingerprint density at radius 3 is 2.63 bits per heavy atom. The standard InChI is InChI=1S/C23H22N2OS/c26-23(20-15-27-22(24-20)14-16-6-2-1-3-7-16)25(18-11-12-18)21-13-10-17-8-4-5-9-19(17)21/h1-9,15,18,21H,10-14H2. The first kappa shape index (κ1) is 16.7. The highest BCUT2D eigenvalue weighted by Crippen LogP contribution is 2.42. The maximum Gasteiger partial charge on any atom is 0.274 e. The Balaban J connectivity index is 1.39. The number of nitrogens with zero attached hydrogens (tertiary/aromatic N) is 2. The van der Waals surface area contributed by atoms with E-state index in [-0.39, 0.29) is 11.9 Å². The zero-order valence-corrected chi connectivity index (χ0v) is 16.0. The van der Waals surface area contributed by atoms with Crippen molar-refractivity contribution in [1.82, 2.24) is 9.88 Å². The van der Waals surface area contributed by atoms with Crippen LogP contribution in [0.1, 0.15) is 57.5 Å². The Morgan fingerprint density at radius 2 is 1.81 bits per heavy atom. The van der Waals surface area contributed by atoms with Crippen LogP contribution in [-0.2, 0) is 12.8 Å². The summed E-state index contributed by atoms with van der Waals surface area (Å²) >= 11 is 1.59. The van der Waals surface area contributed by atoms with E-state index in [4.69, 9.17) is 4.98 Å². The average Bonchev–Trinajstić information content (AvgIpc) is 3.27. The molecule has 1 atom stereocenters. The van der Waals surface area contributed by atoms with Crippen LogP contribution in [-0.4, -0.2) is 21.8 Å². The smallest absolute Gasteiger partial charge is 0.274 e. The average molecular weight is 375 g/mol. The van der Waals surface area contributed by atoms with Crippen LogP contribution >= 0.6 is 11.3 Å². The number of thiazole rings is 1. The molecule has 0 saturated heterocycles. The van der Waals surface area contributed by atoms with Gasteiger partial charge in [-0.25, -0.2) is 4.98 Å². The summed E-state index contributed by atoms with van der Waals surface area (Å²) in [5.41, 5.74) is 4.57. The first-order valence-corrected chi connectivity index (χ1v) is 10.6. The molecule has 0 N–H and O–H groups in total. The number of fused-ring (bicyclic) bond motifs is 1. The number of aryl methyl sites for hydroxylation is 1. The molecule has 1 heterocycles. The van der Waals surface area contributed by atoms with Crippen LogP contribution in [0.4, 0.5) is 0 Å². The maximum absolute atomic E-state index is 13.4. The Bertz CT molecular complexity index is 961. The Kier molecular flexibility index (Phi) is 4.29. The van der Waals surface area contributed by atoms with Crippen LogP contribution < -0.4 is 0 Å². The van der Waals surface area contributed by atoms with Crippen molar-refractivity contribution in [3.05, 3.63) is 87.4 Å². The van der Waals surface area contributed by atoms with Gasteiger partial charge >= 0.3 is 0 Å². The quantitative estimate of drug-likeness (QED) is 0.628. The van der Waals surface area contributed by atoms with Crippen molar-refractivity contribution in [2.24, 2.45) is 0 Å². The summed E-state index contributed by atoms with van der Waals surface area (Å²) in [4.78, 5) is 20.2. The lowest BCUT2D eigenvalue weighted by atomic mass is 10.1. The van der Waals surface area contributed by atoms with Crippen molar-refractivity contribution in [1.29, 1.82) is 0 Å². The minimum atomic E-state index is 0.106. The van der Waals surface area contributed by atoms with Crippen LogP contribution in [0.15, 0.2) is 60.0 Å². The van der Waals surface area contributed by atoms with Crippen molar-refractivity contribution in [3.63, 3.8) is 0 Å². The van der Waals surface area contributed by atoms with E-state index in [2.05, 4.69) is 41.3 Å². The molecular weight excluding hydrogens is 352 g/mol. The predicted molar refractivity (Wildman–Crippen MR) is 108 cm³/mol. The SMILES string of the molecule is O=C(c1csc(Cc2ccccc2)n1)N(C1CC1)C1CCc2ccccc21. The van der Waals surface area contributed by atoms with E-state index in [0.29, 0.717) is 11.7 Å². The number of carbonyl (C=O) groups is 1. The van der Waals surface area contributed by atoms with Gasteiger partial charge in [0, 0.05) is 17.8 Å². The van der Waals surface area contributed by atoms with Gasteiger partial charge in [0.15, 0.2) is 0 Å². The summed E-state index contributed by atoms with van der Waals surface area (Å²) in [5, 5.41) is 2.95. The molecule has 136 valence electrons. The van der Waals surface area contributed by atoms with Crippen LogP contribution in [0.3, 0.4) is 0 Å². The van der Waals surface area contributed by atoms with Gasteiger partial charge in [-0.1, -0.05) is 54.6 Å². The lowest BCUT2D eigenvalue weighted by Crippen LogP contribution is -2.36. The molecule has 0 spiro atoms. The molecule has 2 aliphatic carbocycles. The molecule has 1 fully saturated rings. The molecule has 1 aromatic heterocycles. The predicted octanol–water partition coefficient (Wildman–Crippen LogP) is 5.03. The Labute approximate surface area is 163 Å². The summed E-state index contributed by atoms with van der Waals surface area (Å²) in [6, 6.07) is 19.5. The van der Waals surface area contributed by atoms with E-state index < -0.39 is 0 Å². The van der Waals surface area contributed by atoms with Crippen molar-refractivity contribution in [2.75, 3.05) is 0 Å². The molecule has 4 heteroatoms. The number of aromatic nitrogens is 1. The summed E-state index contributed by atoms with van der Waals surface area (Å²) < 4.78 is 0. The van der Waals surface area contributed by atoms with Crippen molar-refractivity contribution < 1.29 is 4.79 Å². The first-order valence-electron chi connectivity index (χ1n) is 9.68. The number of benzene rings is 2.